The zero-order chi connectivity index (χ0) is 14.7. The second-order valence-corrected chi connectivity index (χ2v) is 6.88. The minimum atomic E-state index is 0.157. The van der Waals surface area contributed by atoms with Crippen LogP contribution in [0.1, 0.15) is 36.7 Å². The van der Waals surface area contributed by atoms with Crippen molar-refractivity contribution in [3.8, 4) is 0 Å². The number of hydrogen-bond donors (Lipinski definition) is 1. The first-order chi connectivity index (χ1) is 9.54. The molecule has 0 saturated carbocycles. The Balaban J connectivity index is 2.30. The van der Waals surface area contributed by atoms with Crippen molar-refractivity contribution in [3.63, 3.8) is 0 Å². The van der Waals surface area contributed by atoms with Gasteiger partial charge in [0.2, 0.25) is 0 Å². The largest absolute Gasteiger partial charge is 0.385 e. The molecule has 1 saturated heterocycles. The highest BCUT2D eigenvalue weighted by Gasteiger charge is 2.30. The molecule has 0 radical (unpaired) electrons. The fourth-order valence-electron chi connectivity index (χ4n) is 2.55. The zero-order valence-electron chi connectivity index (χ0n) is 12.8. The molecule has 2 unspecified atom stereocenters. The Morgan fingerprint density at radius 2 is 2.20 bits per heavy atom. The second kappa shape index (κ2) is 6.53. The van der Waals surface area contributed by atoms with E-state index < -0.39 is 0 Å². The summed E-state index contributed by atoms with van der Waals surface area (Å²) in [6.45, 7) is 10.1. The van der Waals surface area contributed by atoms with E-state index in [2.05, 4.69) is 26.1 Å². The Bertz CT molecular complexity index is 489. The maximum absolute atomic E-state index is 12.9. The van der Waals surface area contributed by atoms with Crippen LogP contribution in [0.2, 0.25) is 0 Å². The number of aryl methyl sites for hydroxylation is 1. The third-order valence-corrected chi connectivity index (χ3v) is 5.26. The van der Waals surface area contributed by atoms with E-state index in [-0.39, 0.29) is 11.9 Å². The SMILES string of the molecule is CCNc1ccc(C)cc1C(=O)N1CCSC(C)C1C. The monoisotopic (exact) mass is 292 g/mol. The minimum Gasteiger partial charge on any atom is -0.385 e. The maximum Gasteiger partial charge on any atom is 0.256 e. The molecule has 2 atom stereocenters. The van der Waals surface area contributed by atoms with E-state index >= 15 is 0 Å². The molecule has 1 N–H and O–H groups in total. The maximum atomic E-state index is 12.9. The molecule has 0 spiro atoms. The molecule has 0 aliphatic carbocycles. The van der Waals surface area contributed by atoms with E-state index in [1.165, 1.54) is 0 Å². The Hall–Kier alpha value is -1.16. The summed E-state index contributed by atoms with van der Waals surface area (Å²) in [7, 11) is 0. The smallest absolute Gasteiger partial charge is 0.256 e. The van der Waals surface area contributed by atoms with Crippen LogP contribution in [0.3, 0.4) is 0 Å². The number of thioether (sulfide) groups is 1. The van der Waals surface area contributed by atoms with Gasteiger partial charge in [-0.25, -0.2) is 0 Å². The van der Waals surface area contributed by atoms with Crippen LogP contribution in [0, 0.1) is 6.92 Å². The summed E-state index contributed by atoms with van der Waals surface area (Å²) in [6.07, 6.45) is 0. The normalized spacial score (nSPS) is 22.7. The van der Waals surface area contributed by atoms with Crippen LogP contribution < -0.4 is 5.32 Å². The third kappa shape index (κ3) is 3.11. The van der Waals surface area contributed by atoms with Crippen LogP contribution >= 0.6 is 11.8 Å². The van der Waals surface area contributed by atoms with Gasteiger partial charge in [-0.15, -0.1) is 0 Å². The highest BCUT2D eigenvalue weighted by atomic mass is 32.2. The number of benzene rings is 1. The lowest BCUT2D eigenvalue weighted by Crippen LogP contribution is -2.48. The molecular formula is C16H24N2OS. The standard InChI is InChI=1S/C16H24N2OS/c1-5-17-15-7-6-11(2)10-14(15)16(19)18-8-9-20-13(4)12(18)3/h6-7,10,12-13,17H,5,8-9H2,1-4H3. The van der Waals surface area contributed by atoms with Crippen molar-refractivity contribution in [2.24, 2.45) is 0 Å². The number of carbonyl (C=O) groups excluding carboxylic acids is 1. The lowest BCUT2D eigenvalue weighted by atomic mass is 10.1. The second-order valence-electron chi connectivity index (χ2n) is 5.39. The summed E-state index contributed by atoms with van der Waals surface area (Å²) >= 11 is 1.95. The minimum absolute atomic E-state index is 0.157. The topological polar surface area (TPSA) is 32.3 Å². The first-order valence-corrected chi connectivity index (χ1v) is 8.36. The summed E-state index contributed by atoms with van der Waals surface area (Å²) < 4.78 is 0. The first-order valence-electron chi connectivity index (χ1n) is 7.31. The quantitative estimate of drug-likeness (QED) is 0.927. The Kier molecular flexibility index (Phi) is 4.97. The molecule has 1 aromatic rings. The van der Waals surface area contributed by atoms with E-state index in [0.717, 1.165) is 35.7 Å². The number of anilines is 1. The Labute approximate surface area is 126 Å². The van der Waals surface area contributed by atoms with Crippen LogP contribution in [-0.4, -0.2) is 40.9 Å². The number of amides is 1. The van der Waals surface area contributed by atoms with Gasteiger partial charge in [0.05, 0.1) is 5.56 Å². The van der Waals surface area contributed by atoms with Crippen molar-refractivity contribution in [3.05, 3.63) is 29.3 Å². The van der Waals surface area contributed by atoms with Crippen molar-refractivity contribution >= 4 is 23.4 Å². The molecule has 1 aromatic carbocycles. The Morgan fingerprint density at radius 3 is 2.90 bits per heavy atom. The highest BCUT2D eigenvalue weighted by Crippen LogP contribution is 2.27. The van der Waals surface area contributed by atoms with Gasteiger partial charge in [-0.1, -0.05) is 18.6 Å². The Morgan fingerprint density at radius 1 is 1.45 bits per heavy atom. The molecule has 3 nitrogen and oxygen atoms in total. The van der Waals surface area contributed by atoms with Gasteiger partial charge in [-0.05, 0) is 32.9 Å². The lowest BCUT2D eigenvalue weighted by molar-refractivity contribution is 0.0699. The molecule has 2 rings (SSSR count). The first kappa shape index (κ1) is 15.2. The van der Waals surface area contributed by atoms with Gasteiger partial charge >= 0.3 is 0 Å². The number of hydrogen-bond acceptors (Lipinski definition) is 3. The van der Waals surface area contributed by atoms with Crippen LogP contribution in [0.5, 0.6) is 0 Å². The van der Waals surface area contributed by atoms with E-state index in [4.69, 9.17) is 0 Å². The van der Waals surface area contributed by atoms with Crippen molar-refractivity contribution in [1.29, 1.82) is 0 Å². The molecular weight excluding hydrogens is 268 g/mol. The summed E-state index contributed by atoms with van der Waals surface area (Å²) in [6, 6.07) is 6.35. The highest BCUT2D eigenvalue weighted by molar-refractivity contribution is 8.00. The molecule has 4 heteroatoms. The molecule has 1 fully saturated rings. The van der Waals surface area contributed by atoms with Gasteiger partial charge in [0.25, 0.3) is 5.91 Å². The van der Waals surface area contributed by atoms with Gasteiger partial charge in [0.15, 0.2) is 0 Å². The molecule has 20 heavy (non-hydrogen) atoms. The van der Waals surface area contributed by atoms with Crippen LogP contribution in [-0.2, 0) is 0 Å². The summed E-state index contributed by atoms with van der Waals surface area (Å²) in [5.74, 6) is 1.18. The lowest BCUT2D eigenvalue weighted by Gasteiger charge is -2.37. The predicted octanol–water partition coefficient (Wildman–Crippen LogP) is 3.39. The van der Waals surface area contributed by atoms with E-state index in [1.807, 2.05) is 41.8 Å². The number of rotatable bonds is 3. The van der Waals surface area contributed by atoms with E-state index in [0.29, 0.717) is 5.25 Å². The summed E-state index contributed by atoms with van der Waals surface area (Å²) in [5, 5.41) is 3.80. The van der Waals surface area contributed by atoms with Gasteiger partial charge in [-0.3, -0.25) is 4.79 Å². The molecule has 1 heterocycles. The molecule has 1 amide bonds. The van der Waals surface area contributed by atoms with Crippen molar-refractivity contribution in [2.75, 3.05) is 24.2 Å². The molecule has 1 aliphatic rings. The zero-order valence-corrected chi connectivity index (χ0v) is 13.6. The fourth-order valence-corrected chi connectivity index (χ4v) is 3.65. The summed E-state index contributed by atoms with van der Waals surface area (Å²) in [4.78, 5) is 14.9. The third-order valence-electron chi connectivity index (χ3n) is 3.92. The molecule has 0 aromatic heterocycles. The van der Waals surface area contributed by atoms with Crippen molar-refractivity contribution in [2.45, 2.75) is 39.0 Å². The molecule has 1 aliphatic heterocycles. The van der Waals surface area contributed by atoms with Crippen LogP contribution in [0.15, 0.2) is 18.2 Å². The van der Waals surface area contributed by atoms with Crippen LogP contribution in [0.4, 0.5) is 5.69 Å². The van der Waals surface area contributed by atoms with Gasteiger partial charge in [-0.2, -0.15) is 11.8 Å². The molecule has 110 valence electrons. The number of nitrogens with zero attached hydrogens (tertiary/aromatic N) is 1. The fraction of sp³-hybridized carbons (Fsp3) is 0.562. The average molecular weight is 292 g/mol. The van der Waals surface area contributed by atoms with Gasteiger partial charge in [0.1, 0.15) is 0 Å². The van der Waals surface area contributed by atoms with Crippen LogP contribution in [0.25, 0.3) is 0 Å². The average Bonchev–Trinajstić information content (AvgIpc) is 2.43. The van der Waals surface area contributed by atoms with E-state index in [1.54, 1.807) is 0 Å². The van der Waals surface area contributed by atoms with Crippen molar-refractivity contribution in [1.82, 2.24) is 4.90 Å². The van der Waals surface area contributed by atoms with Gasteiger partial charge in [0, 0.05) is 35.8 Å². The number of carbonyl (C=O) groups is 1. The van der Waals surface area contributed by atoms with Crippen molar-refractivity contribution < 1.29 is 4.79 Å². The molecule has 0 bridgehead atoms. The number of nitrogens with one attached hydrogen (secondary N) is 1. The van der Waals surface area contributed by atoms with E-state index in [9.17, 15) is 4.79 Å². The van der Waals surface area contributed by atoms with Gasteiger partial charge < -0.3 is 10.2 Å². The predicted molar refractivity (Wildman–Crippen MR) is 87.8 cm³/mol. The summed E-state index contributed by atoms with van der Waals surface area (Å²) in [5.41, 5.74) is 2.88.